The number of oxime groups is 1. The van der Waals surface area contributed by atoms with Crippen LogP contribution >= 0.6 is 0 Å². The molecule has 0 radical (unpaired) electrons. The number of nitrogens with zero attached hydrogens (tertiary/aromatic N) is 6. The van der Waals surface area contributed by atoms with Gasteiger partial charge in [0, 0.05) is 30.4 Å². The molecule has 0 atom stereocenters. The van der Waals surface area contributed by atoms with Crippen LogP contribution in [-0.2, 0) is 11.3 Å². The Morgan fingerprint density at radius 1 is 1.45 bits per heavy atom. The zero-order chi connectivity index (χ0) is 13.9. The van der Waals surface area contributed by atoms with Crippen LogP contribution in [0.25, 0.3) is 16.6 Å². The number of hydrogen-bond donors (Lipinski definition) is 0. The normalized spacial score (nSPS) is 11.2. The molecule has 0 aliphatic carbocycles. The number of hydrogen-bond acceptors (Lipinski definition) is 6. The van der Waals surface area contributed by atoms with Crippen LogP contribution in [0.2, 0.25) is 0 Å². The average molecular weight is 266 g/mol. The Kier molecular flexibility index (Phi) is 2.97. The molecule has 0 amide bonds. The lowest BCUT2D eigenvalue weighted by Gasteiger charge is -2.04. The van der Waals surface area contributed by atoms with Crippen LogP contribution in [0.15, 0.2) is 29.8 Å². The van der Waals surface area contributed by atoms with Crippen molar-refractivity contribution in [3.63, 3.8) is 0 Å². The van der Waals surface area contributed by atoms with Gasteiger partial charge >= 0.3 is 0 Å². The molecule has 0 aliphatic heterocycles. The lowest BCUT2D eigenvalue weighted by atomic mass is 10.2. The number of nitriles is 1. The Morgan fingerprint density at radius 3 is 3.15 bits per heavy atom. The molecule has 0 aliphatic rings. The highest BCUT2D eigenvalue weighted by molar-refractivity contribution is 5.85. The second kappa shape index (κ2) is 4.93. The summed E-state index contributed by atoms with van der Waals surface area (Å²) in [7, 11) is 1.49. The molecule has 3 heterocycles. The van der Waals surface area contributed by atoms with Crippen LogP contribution < -0.4 is 0 Å². The van der Waals surface area contributed by atoms with Gasteiger partial charge in [0.2, 0.25) is 0 Å². The SMILES string of the molecule is CO/N=C\Cc1nccc2c1cnc1c(C#N)cnn12. The summed E-state index contributed by atoms with van der Waals surface area (Å²) in [6.45, 7) is 0. The van der Waals surface area contributed by atoms with Crippen molar-refractivity contribution in [1.29, 1.82) is 5.26 Å². The van der Waals surface area contributed by atoms with Crippen LogP contribution in [0.5, 0.6) is 0 Å². The van der Waals surface area contributed by atoms with Crippen molar-refractivity contribution >= 4 is 22.8 Å². The van der Waals surface area contributed by atoms with Gasteiger partial charge in [-0.3, -0.25) is 4.98 Å². The predicted octanol–water partition coefficient (Wildman–Crippen LogP) is 1.32. The molecule has 0 unspecified atom stereocenters. The summed E-state index contributed by atoms with van der Waals surface area (Å²) in [5.41, 5.74) is 2.67. The first-order valence-corrected chi connectivity index (χ1v) is 5.90. The Bertz CT molecular complexity index is 845. The highest BCUT2D eigenvalue weighted by Gasteiger charge is 2.10. The van der Waals surface area contributed by atoms with Gasteiger partial charge in [-0.1, -0.05) is 5.16 Å². The molecule has 3 rings (SSSR count). The van der Waals surface area contributed by atoms with E-state index < -0.39 is 0 Å². The molecule has 20 heavy (non-hydrogen) atoms. The molecular weight excluding hydrogens is 256 g/mol. The van der Waals surface area contributed by atoms with Crippen LogP contribution in [0.4, 0.5) is 0 Å². The summed E-state index contributed by atoms with van der Waals surface area (Å²) in [4.78, 5) is 13.2. The highest BCUT2D eigenvalue weighted by Crippen LogP contribution is 2.18. The molecule has 0 fully saturated rings. The maximum absolute atomic E-state index is 9.01. The van der Waals surface area contributed by atoms with Gasteiger partial charge in [-0.05, 0) is 6.07 Å². The number of fused-ring (bicyclic) bond motifs is 3. The first kappa shape index (κ1) is 12.0. The summed E-state index contributed by atoms with van der Waals surface area (Å²) in [5.74, 6) is 0. The van der Waals surface area contributed by atoms with E-state index in [9.17, 15) is 0 Å². The van der Waals surface area contributed by atoms with Crippen LogP contribution in [0.1, 0.15) is 11.3 Å². The predicted molar refractivity (Wildman–Crippen MR) is 72.2 cm³/mol. The molecule has 7 heteroatoms. The third-order valence-corrected chi connectivity index (χ3v) is 2.92. The minimum absolute atomic E-state index is 0.450. The van der Waals surface area contributed by atoms with Crippen LogP contribution in [0, 0.1) is 11.3 Å². The summed E-state index contributed by atoms with van der Waals surface area (Å²) in [6, 6.07) is 3.91. The van der Waals surface area contributed by atoms with Gasteiger partial charge in [0.1, 0.15) is 18.7 Å². The van der Waals surface area contributed by atoms with Crippen molar-refractivity contribution in [2.45, 2.75) is 6.42 Å². The first-order valence-electron chi connectivity index (χ1n) is 5.90. The van der Waals surface area contributed by atoms with Gasteiger partial charge in [0.25, 0.3) is 0 Å². The van der Waals surface area contributed by atoms with Crippen molar-refractivity contribution < 1.29 is 4.84 Å². The van der Waals surface area contributed by atoms with E-state index in [-0.39, 0.29) is 0 Å². The van der Waals surface area contributed by atoms with E-state index in [4.69, 9.17) is 5.26 Å². The monoisotopic (exact) mass is 266 g/mol. The third kappa shape index (κ3) is 1.83. The number of aromatic nitrogens is 4. The molecule has 3 aromatic heterocycles. The number of pyridine rings is 1. The lowest BCUT2D eigenvalue weighted by molar-refractivity contribution is 0.215. The molecular formula is C13H10N6O. The van der Waals surface area contributed by atoms with E-state index in [0.717, 1.165) is 16.6 Å². The largest absolute Gasteiger partial charge is 0.399 e. The zero-order valence-electron chi connectivity index (χ0n) is 10.7. The molecule has 0 saturated carbocycles. The quantitative estimate of drug-likeness (QED) is 0.527. The molecule has 98 valence electrons. The van der Waals surface area contributed by atoms with E-state index in [0.29, 0.717) is 17.6 Å². The lowest BCUT2D eigenvalue weighted by Crippen LogP contribution is -1.99. The Hall–Kier alpha value is -3.01. The summed E-state index contributed by atoms with van der Waals surface area (Å²) >= 11 is 0. The van der Waals surface area contributed by atoms with Crippen molar-refractivity contribution in [1.82, 2.24) is 19.6 Å². The van der Waals surface area contributed by atoms with Gasteiger partial charge in [-0.2, -0.15) is 10.4 Å². The third-order valence-electron chi connectivity index (χ3n) is 2.92. The standard InChI is InChI=1S/C13H10N6O/c1-20-18-5-2-11-10-8-16-13-9(6-14)7-17-19(13)12(10)3-4-15-11/h3-5,7-8H,2H2,1H3/b18-5-. The van der Waals surface area contributed by atoms with Crippen molar-refractivity contribution in [2.24, 2.45) is 5.16 Å². The first-order chi connectivity index (χ1) is 9.85. The summed E-state index contributed by atoms with van der Waals surface area (Å²) in [6.07, 6.45) is 7.08. The Morgan fingerprint density at radius 2 is 2.35 bits per heavy atom. The molecule has 0 saturated heterocycles. The molecule has 3 aromatic rings. The van der Waals surface area contributed by atoms with Gasteiger partial charge in [-0.15, -0.1) is 0 Å². The van der Waals surface area contributed by atoms with Gasteiger partial charge in [0.15, 0.2) is 5.65 Å². The van der Waals surface area contributed by atoms with E-state index in [2.05, 4.69) is 31.1 Å². The molecule has 0 spiro atoms. The van der Waals surface area contributed by atoms with Crippen molar-refractivity contribution in [2.75, 3.05) is 7.11 Å². The van der Waals surface area contributed by atoms with E-state index in [1.54, 1.807) is 23.1 Å². The average Bonchev–Trinajstić information content (AvgIpc) is 2.91. The van der Waals surface area contributed by atoms with Gasteiger partial charge < -0.3 is 4.84 Å². The second-order valence-electron chi connectivity index (χ2n) is 4.03. The highest BCUT2D eigenvalue weighted by atomic mass is 16.6. The maximum atomic E-state index is 9.01. The minimum Gasteiger partial charge on any atom is -0.399 e. The van der Waals surface area contributed by atoms with Gasteiger partial charge in [-0.25, -0.2) is 9.50 Å². The second-order valence-corrected chi connectivity index (χ2v) is 4.03. The summed E-state index contributed by atoms with van der Waals surface area (Å²) in [5, 5.41) is 17.8. The van der Waals surface area contributed by atoms with Crippen LogP contribution in [-0.4, -0.2) is 32.9 Å². The molecule has 7 nitrogen and oxygen atoms in total. The zero-order valence-corrected chi connectivity index (χ0v) is 10.7. The Balaban J connectivity index is 2.21. The summed E-state index contributed by atoms with van der Waals surface area (Å²) < 4.78 is 1.65. The van der Waals surface area contributed by atoms with E-state index in [1.165, 1.54) is 13.3 Å². The number of rotatable bonds is 3. The fraction of sp³-hybridized carbons (Fsp3) is 0.154. The van der Waals surface area contributed by atoms with Crippen molar-refractivity contribution in [3.05, 3.63) is 35.9 Å². The molecule has 0 aromatic carbocycles. The molecule has 0 bridgehead atoms. The minimum atomic E-state index is 0.450. The van der Waals surface area contributed by atoms with Gasteiger partial charge in [0.05, 0.1) is 17.4 Å². The fourth-order valence-electron chi connectivity index (χ4n) is 2.04. The maximum Gasteiger partial charge on any atom is 0.173 e. The molecule has 0 N–H and O–H groups in total. The van der Waals surface area contributed by atoms with E-state index >= 15 is 0 Å². The smallest absolute Gasteiger partial charge is 0.173 e. The van der Waals surface area contributed by atoms with Crippen LogP contribution in [0.3, 0.4) is 0 Å². The topological polar surface area (TPSA) is 88.5 Å². The Labute approximate surface area is 114 Å². The van der Waals surface area contributed by atoms with Crippen molar-refractivity contribution in [3.8, 4) is 6.07 Å². The van der Waals surface area contributed by atoms with E-state index in [1.807, 2.05) is 6.07 Å². The fourth-order valence-corrected chi connectivity index (χ4v) is 2.04.